The molecule has 0 fully saturated rings. The zero-order valence-electron chi connectivity index (χ0n) is 19.8. The molecular weight excluding hydrogens is 434 g/mol. The lowest BCUT2D eigenvalue weighted by Crippen LogP contribution is -2.28. The molecule has 0 spiro atoms. The molecule has 0 aliphatic carbocycles. The average molecular weight is 462 g/mol. The minimum Gasteiger partial charge on any atom is -0.507 e. The van der Waals surface area contributed by atoms with E-state index in [-0.39, 0.29) is 22.1 Å². The van der Waals surface area contributed by atoms with Crippen LogP contribution in [0.4, 0.5) is 10.5 Å². The maximum Gasteiger partial charge on any atom is 0.411 e. The van der Waals surface area contributed by atoms with Crippen molar-refractivity contribution < 1.29 is 23.8 Å². The van der Waals surface area contributed by atoms with Gasteiger partial charge in [0.2, 0.25) is 5.43 Å². The highest BCUT2D eigenvalue weighted by Gasteiger charge is 2.30. The standard InChI is InChI=1S/C27H27NO6/c1-15(2)6-11-18-22(29)21-23(30)20(16-7-9-17(10-8-16)28-26(31)32-5)14-33-25(21)19-12-13-27(3,4)34-24(18)19/h6-10,12-14,29H,11H2,1-5H3,(H,28,31). The molecule has 0 unspecified atom stereocenters. The van der Waals surface area contributed by atoms with Crippen LogP contribution in [-0.4, -0.2) is 23.9 Å². The Labute approximate surface area is 197 Å². The van der Waals surface area contributed by atoms with Gasteiger partial charge in [0.15, 0.2) is 5.58 Å². The van der Waals surface area contributed by atoms with Gasteiger partial charge in [-0.25, -0.2) is 4.79 Å². The summed E-state index contributed by atoms with van der Waals surface area (Å²) in [5, 5.41) is 13.9. The molecular formula is C27H27NO6. The summed E-state index contributed by atoms with van der Waals surface area (Å²) in [7, 11) is 1.28. The summed E-state index contributed by atoms with van der Waals surface area (Å²) in [6, 6.07) is 6.69. The number of amides is 1. The van der Waals surface area contributed by atoms with Gasteiger partial charge in [-0.15, -0.1) is 0 Å². The van der Waals surface area contributed by atoms with Gasteiger partial charge in [-0.2, -0.15) is 0 Å². The van der Waals surface area contributed by atoms with Crippen LogP contribution in [0.2, 0.25) is 0 Å². The summed E-state index contributed by atoms with van der Waals surface area (Å²) in [6.07, 6.45) is 6.97. The number of fused-ring (bicyclic) bond motifs is 3. The van der Waals surface area contributed by atoms with E-state index in [9.17, 15) is 14.7 Å². The Morgan fingerprint density at radius 1 is 1.21 bits per heavy atom. The number of phenols is 1. The van der Waals surface area contributed by atoms with Crippen LogP contribution in [0, 0.1) is 0 Å². The summed E-state index contributed by atoms with van der Waals surface area (Å²) in [5.41, 5.74) is 3.02. The van der Waals surface area contributed by atoms with Crippen molar-refractivity contribution in [1.29, 1.82) is 0 Å². The van der Waals surface area contributed by atoms with Gasteiger partial charge >= 0.3 is 6.09 Å². The first kappa shape index (κ1) is 23.2. The van der Waals surface area contributed by atoms with Crippen molar-refractivity contribution in [2.24, 2.45) is 0 Å². The highest BCUT2D eigenvalue weighted by Crippen LogP contribution is 2.44. The highest BCUT2D eigenvalue weighted by molar-refractivity contribution is 5.97. The molecule has 0 saturated carbocycles. The monoisotopic (exact) mass is 461 g/mol. The number of hydrogen-bond acceptors (Lipinski definition) is 6. The Bertz CT molecular complexity index is 1390. The second kappa shape index (κ2) is 8.74. The fraction of sp³-hybridized carbons (Fsp3) is 0.259. The van der Waals surface area contributed by atoms with Crippen molar-refractivity contribution in [3.8, 4) is 22.6 Å². The second-order valence-electron chi connectivity index (χ2n) is 8.97. The van der Waals surface area contributed by atoms with E-state index in [0.29, 0.717) is 40.1 Å². The Kier molecular flexibility index (Phi) is 5.96. The summed E-state index contributed by atoms with van der Waals surface area (Å²) in [4.78, 5) is 25.0. The predicted molar refractivity (Wildman–Crippen MR) is 132 cm³/mol. The second-order valence-corrected chi connectivity index (χ2v) is 8.97. The molecule has 1 aliphatic rings. The van der Waals surface area contributed by atoms with E-state index in [0.717, 1.165) is 5.57 Å². The number of anilines is 1. The Hall–Kier alpha value is -4.00. The van der Waals surface area contributed by atoms with Crippen LogP contribution in [0.3, 0.4) is 0 Å². The molecule has 176 valence electrons. The van der Waals surface area contributed by atoms with Crippen LogP contribution in [0.15, 0.2) is 57.5 Å². The Morgan fingerprint density at radius 3 is 2.56 bits per heavy atom. The fourth-order valence-electron chi connectivity index (χ4n) is 3.85. The third-order valence-electron chi connectivity index (χ3n) is 5.64. The normalized spacial score (nSPS) is 13.7. The smallest absolute Gasteiger partial charge is 0.411 e. The van der Waals surface area contributed by atoms with Crippen LogP contribution in [0.1, 0.15) is 38.8 Å². The molecule has 0 bridgehead atoms. The van der Waals surface area contributed by atoms with Gasteiger partial charge in [0.05, 0.1) is 18.2 Å². The first-order valence-corrected chi connectivity index (χ1v) is 10.9. The molecule has 1 amide bonds. The summed E-state index contributed by atoms with van der Waals surface area (Å²) in [5.74, 6) is 0.376. The molecule has 2 N–H and O–H groups in total. The number of rotatable bonds is 4. The van der Waals surface area contributed by atoms with E-state index >= 15 is 0 Å². The van der Waals surface area contributed by atoms with E-state index in [4.69, 9.17) is 9.15 Å². The van der Waals surface area contributed by atoms with Crippen molar-refractivity contribution in [3.05, 3.63) is 69.6 Å². The molecule has 3 aromatic rings. The van der Waals surface area contributed by atoms with Crippen molar-refractivity contribution in [3.63, 3.8) is 0 Å². The minimum atomic E-state index is -0.588. The molecule has 2 heterocycles. The number of aromatic hydroxyl groups is 1. The van der Waals surface area contributed by atoms with Crippen molar-refractivity contribution in [1.82, 2.24) is 0 Å². The van der Waals surface area contributed by atoms with Crippen LogP contribution >= 0.6 is 0 Å². The number of carbonyl (C=O) groups is 1. The van der Waals surface area contributed by atoms with E-state index in [1.165, 1.54) is 13.4 Å². The minimum absolute atomic E-state index is 0.109. The van der Waals surface area contributed by atoms with Gasteiger partial charge in [0, 0.05) is 11.3 Å². The van der Waals surface area contributed by atoms with E-state index in [2.05, 4.69) is 10.1 Å². The Balaban J connectivity index is 1.90. The molecule has 0 radical (unpaired) electrons. The highest BCUT2D eigenvalue weighted by atomic mass is 16.5. The maximum absolute atomic E-state index is 13.6. The number of nitrogens with one attached hydrogen (secondary N) is 1. The van der Waals surface area contributed by atoms with Gasteiger partial charge in [0.25, 0.3) is 0 Å². The molecule has 4 rings (SSSR count). The number of allylic oxidation sites excluding steroid dienone is 2. The molecule has 0 atom stereocenters. The first-order valence-electron chi connectivity index (χ1n) is 10.9. The summed E-state index contributed by atoms with van der Waals surface area (Å²) < 4.78 is 16.7. The molecule has 7 heteroatoms. The third kappa shape index (κ3) is 4.29. The van der Waals surface area contributed by atoms with Gasteiger partial charge in [0.1, 0.15) is 28.7 Å². The van der Waals surface area contributed by atoms with Crippen molar-refractivity contribution in [2.45, 2.75) is 39.7 Å². The van der Waals surface area contributed by atoms with Crippen LogP contribution in [0.5, 0.6) is 11.5 Å². The maximum atomic E-state index is 13.6. The van der Waals surface area contributed by atoms with E-state index in [1.807, 2.05) is 45.9 Å². The van der Waals surface area contributed by atoms with Gasteiger partial charge in [-0.05, 0) is 64.0 Å². The van der Waals surface area contributed by atoms with E-state index < -0.39 is 11.7 Å². The molecule has 34 heavy (non-hydrogen) atoms. The lowest BCUT2D eigenvalue weighted by Gasteiger charge is -2.30. The number of benzene rings is 2. The van der Waals surface area contributed by atoms with Gasteiger partial charge < -0.3 is 19.0 Å². The zero-order chi connectivity index (χ0) is 24.6. The van der Waals surface area contributed by atoms with Crippen LogP contribution < -0.4 is 15.5 Å². The summed E-state index contributed by atoms with van der Waals surface area (Å²) in [6.45, 7) is 7.80. The summed E-state index contributed by atoms with van der Waals surface area (Å²) >= 11 is 0. The molecule has 2 aromatic carbocycles. The van der Waals surface area contributed by atoms with Crippen molar-refractivity contribution >= 4 is 28.8 Å². The fourth-order valence-corrected chi connectivity index (χ4v) is 3.85. The quantitative estimate of drug-likeness (QED) is 0.460. The first-order chi connectivity index (χ1) is 16.1. The topological polar surface area (TPSA) is 98.0 Å². The largest absolute Gasteiger partial charge is 0.507 e. The Morgan fingerprint density at radius 2 is 1.91 bits per heavy atom. The van der Waals surface area contributed by atoms with Gasteiger partial charge in [-0.1, -0.05) is 23.8 Å². The van der Waals surface area contributed by atoms with Crippen molar-refractivity contribution in [2.75, 3.05) is 12.4 Å². The lowest BCUT2D eigenvalue weighted by atomic mass is 9.93. The van der Waals surface area contributed by atoms with Crippen LogP contribution in [0.25, 0.3) is 28.2 Å². The average Bonchev–Trinajstić information content (AvgIpc) is 2.78. The number of hydrogen-bond donors (Lipinski definition) is 2. The number of methoxy groups -OCH3 is 1. The molecule has 1 aliphatic heterocycles. The predicted octanol–water partition coefficient (Wildman–Crippen LogP) is 6.04. The molecule has 0 saturated heterocycles. The molecule has 1 aromatic heterocycles. The SMILES string of the molecule is COC(=O)Nc1ccc(-c2coc3c4c(c(CC=C(C)C)c(O)c3c2=O)OC(C)(C)C=C4)cc1. The number of phenolic OH excluding ortho intramolecular Hbond substituents is 1. The van der Waals surface area contributed by atoms with E-state index in [1.54, 1.807) is 24.3 Å². The number of ether oxygens (including phenoxy) is 2. The zero-order valence-corrected chi connectivity index (χ0v) is 19.8. The number of carbonyl (C=O) groups excluding carboxylic acids is 1. The third-order valence-corrected chi connectivity index (χ3v) is 5.64. The molecule has 7 nitrogen and oxygen atoms in total. The van der Waals surface area contributed by atoms with Gasteiger partial charge in [-0.3, -0.25) is 10.1 Å². The lowest BCUT2D eigenvalue weighted by molar-refractivity contribution is 0.157. The van der Waals surface area contributed by atoms with Crippen LogP contribution in [-0.2, 0) is 11.2 Å².